The van der Waals surface area contributed by atoms with Gasteiger partial charge in [-0.3, -0.25) is 4.79 Å². The van der Waals surface area contributed by atoms with Crippen LogP contribution in [0.5, 0.6) is 0 Å². The second-order valence-corrected chi connectivity index (χ2v) is 5.66. The van der Waals surface area contributed by atoms with Crippen LogP contribution in [0.4, 0.5) is 0 Å². The molecule has 3 rings (SSSR count). The summed E-state index contributed by atoms with van der Waals surface area (Å²) in [5.74, 6) is 0.664. The highest BCUT2D eigenvalue weighted by Crippen LogP contribution is 2.26. The summed E-state index contributed by atoms with van der Waals surface area (Å²) in [5.41, 5.74) is 4.06. The minimum Gasteiger partial charge on any atom is -0.299 e. The van der Waals surface area contributed by atoms with E-state index in [-0.39, 0.29) is 5.92 Å². The maximum atomic E-state index is 12.4. The SMILES string of the molecule is O=C(CCc1ccccc1)C1CCc2ccccc2C1. The Morgan fingerprint density at radius 2 is 1.65 bits per heavy atom. The summed E-state index contributed by atoms with van der Waals surface area (Å²) < 4.78 is 0. The van der Waals surface area contributed by atoms with Crippen LogP contribution in [-0.4, -0.2) is 5.78 Å². The van der Waals surface area contributed by atoms with Gasteiger partial charge in [0.1, 0.15) is 5.78 Å². The average Bonchev–Trinajstić information content (AvgIpc) is 2.53. The summed E-state index contributed by atoms with van der Waals surface area (Å²) in [5, 5.41) is 0. The zero-order chi connectivity index (χ0) is 13.8. The molecule has 0 saturated carbocycles. The lowest BCUT2D eigenvalue weighted by Crippen LogP contribution is -2.23. The molecule has 102 valence electrons. The smallest absolute Gasteiger partial charge is 0.136 e. The fraction of sp³-hybridized carbons (Fsp3) is 0.316. The highest BCUT2D eigenvalue weighted by molar-refractivity contribution is 5.81. The number of benzene rings is 2. The molecular weight excluding hydrogens is 244 g/mol. The summed E-state index contributed by atoms with van der Waals surface area (Å²) in [7, 11) is 0. The van der Waals surface area contributed by atoms with Crippen LogP contribution in [-0.2, 0) is 24.1 Å². The third kappa shape index (κ3) is 2.98. The molecular formula is C19H20O. The fourth-order valence-corrected chi connectivity index (χ4v) is 3.09. The molecule has 0 aromatic heterocycles. The molecule has 1 heteroatoms. The Bertz CT molecular complexity index is 586. The van der Waals surface area contributed by atoms with E-state index in [1.807, 2.05) is 18.2 Å². The molecule has 1 atom stereocenters. The van der Waals surface area contributed by atoms with E-state index in [1.54, 1.807) is 0 Å². The molecule has 20 heavy (non-hydrogen) atoms. The van der Waals surface area contributed by atoms with Crippen molar-refractivity contribution in [2.24, 2.45) is 5.92 Å². The first-order chi connectivity index (χ1) is 9.83. The number of carbonyl (C=O) groups is 1. The van der Waals surface area contributed by atoms with Crippen molar-refractivity contribution < 1.29 is 4.79 Å². The summed E-state index contributed by atoms with van der Waals surface area (Å²) in [4.78, 5) is 12.4. The van der Waals surface area contributed by atoms with Crippen molar-refractivity contribution in [3.8, 4) is 0 Å². The molecule has 0 N–H and O–H groups in total. The van der Waals surface area contributed by atoms with E-state index in [4.69, 9.17) is 0 Å². The number of Topliss-reactive ketones (excluding diaryl/α,β-unsaturated/α-hetero) is 1. The van der Waals surface area contributed by atoms with E-state index in [0.29, 0.717) is 12.2 Å². The van der Waals surface area contributed by atoms with Gasteiger partial charge in [0.05, 0.1) is 0 Å². The number of carbonyl (C=O) groups excluding carboxylic acids is 1. The Kier molecular flexibility index (Phi) is 3.96. The first kappa shape index (κ1) is 13.1. The number of ketones is 1. The van der Waals surface area contributed by atoms with Gasteiger partial charge < -0.3 is 0 Å². The van der Waals surface area contributed by atoms with Crippen LogP contribution in [0.25, 0.3) is 0 Å². The number of hydrogen-bond acceptors (Lipinski definition) is 1. The van der Waals surface area contributed by atoms with Crippen LogP contribution in [0.2, 0.25) is 0 Å². The van der Waals surface area contributed by atoms with Crippen molar-refractivity contribution in [2.75, 3.05) is 0 Å². The monoisotopic (exact) mass is 264 g/mol. The predicted octanol–water partition coefficient (Wildman–Crippen LogP) is 3.99. The van der Waals surface area contributed by atoms with Crippen molar-refractivity contribution in [1.29, 1.82) is 0 Å². The minimum absolute atomic E-state index is 0.230. The van der Waals surface area contributed by atoms with E-state index in [1.165, 1.54) is 16.7 Å². The van der Waals surface area contributed by atoms with Gasteiger partial charge in [-0.15, -0.1) is 0 Å². The first-order valence-corrected chi connectivity index (χ1v) is 7.46. The topological polar surface area (TPSA) is 17.1 Å². The van der Waals surface area contributed by atoms with Gasteiger partial charge in [-0.2, -0.15) is 0 Å². The number of fused-ring (bicyclic) bond motifs is 1. The van der Waals surface area contributed by atoms with Crippen molar-refractivity contribution >= 4 is 5.78 Å². The number of aryl methyl sites for hydroxylation is 2. The summed E-state index contributed by atoms with van der Waals surface area (Å²) >= 11 is 0. The lowest BCUT2D eigenvalue weighted by Gasteiger charge is -2.23. The largest absolute Gasteiger partial charge is 0.299 e. The van der Waals surface area contributed by atoms with Crippen molar-refractivity contribution in [1.82, 2.24) is 0 Å². The van der Waals surface area contributed by atoms with Crippen molar-refractivity contribution in [2.45, 2.75) is 32.1 Å². The molecule has 0 aliphatic heterocycles. The first-order valence-electron chi connectivity index (χ1n) is 7.46. The highest BCUT2D eigenvalue weighted by atomic mass is 16.1. The molecule has 0 amide bonds. The van der Waals surface area contributed by atoms with Gasteiger partial charge in [-0.25, -0.2) is 0 Å². The van der Waals surface area contributed by atoms with Gasteiger partial charge in [-0.05, 0) is 42.4 Å². The van der Waals surface area contributed by atoms with Crippen LogP contribution in [0, 0.1) is 5.92 Å². The van der Waals surface area contributed by atoms with Crippen LogP contribution >= 0.6 is 0 Å². The van der Waals surface area contributed by atoms with Gasteiger partial charge in [0, 0.05) is 12.3 Å². The number of hydrogen-bond donors (Lipinski definition) is 0. The molecule has 1 unspecified atom stereocenters. The second kappa shape index (κ2) is 6.04. The molecule has 0 heterocycles. The highest BCUT2D eigenvalue weighted by Gasteiger charge is 2.23. The molecule has 0 saturated heterocycles. The molecule has 2 aromatic carbocycles. The van der Waals surface area contributed by atoms with Gasteiger partial charge in [0.2, 0.25) is 0 Å². The molecule has 0 bridgehead atoms. The second-order valence-electron chi connectivity index (χ2n) is 5.66. The predicted molar refractivity (Wildman–Crippen MR) is 81.7 cm³/mol. The van der Waals surface area contributed by atoms with Crippen molar-refractivity contribution in [3.63, 3.8) is 0 Å². The van der Waals surface area contributed by atoms with E-state index in [9.17, 15) is 4.79 Å². The Balaban J connectivity index is 1.59. The lowest BCUT2D eigenvalue weighted by atomic mass is 9.80. The van der Waals surface area contributed by atoms with Gasteiger partial charge in [0.15, 0.2) is 0 Å². The molecule has 1 nitrogen and oxygen atoms in total. The summed E-state index contributed by atoms with van der Waals surface area (Å²) in [6, 6.07) is 18.8. The number of rotatable bonds is 4. The Morgan fingerprint density at radius 1 is 0.950 bits per heavy atom. The molecule has 0 spiro atoms. The third-order valence-electron chi connectivity index (χ3n) is 4.31. The molecule has 2 aromatic rings. The zero-order valence-corrected chi connectivity index (χ0v) is 11.7. The average molecular weight is 264 g/mol. The zero-order valence-electron chi connectivity index (χ0n) is 11.7. The summed E-state index contributed by atoms with van der Waals surface area (Å²) in [6.45, 7) is 0. The van der Waals surface area contributed by atoms with E-state index in [2.05, 4.69) is 36.4 Å². The van der Waals surface area contributed by atoms with Crippen LogP contribution in [0.1, 0.15) is 29.5 Å². The molecule has 1 aliphatic carbocycles. The normalized spacial score (nSPS) is 17.5. The maximum absolute atomic E-state index is 12.4. The van der Waals surface area contributed by atoms with Crippen LogP contribution in [0.3, 0.4) is 0 Å². The van der Waals surface area contributed by atoms with E-state index < -0.39 is 0 Å². The Labute approximate surface area is 120 Å². The van der Waals surface area contributed by atoms with Gasteiger partial charge >= 0.3 is 0 Å². The van der Waals surface area contributed by atoms with Crippen LogP contribution in [0.15, 0.2) is 54.6 Å². The quantitative estimate of drug-likeness (QED) is 0.816. The molecule has 0 fully saturated rings. The van der Waals surface area contributed by atoms with E-state index >= 15 is 0 Å². The third-order valence-corrected chi connectivity index (χ3v) is 4.31. The summed E-state index contributed by atoms with van der Waals surface area (Å²) in [6.07, 6.45) is 4.56. The molecule has 0 radical (unpaired) electrons. The maximum Gasteiger partial charge on any atom is 0.136 e. The van der Waals surface area contributed by atoms with Crippen LogP contribution < -0.4 is 0 Å². The van der Waals surface area contributed by atoms with Crippen molar-refractivity contribution in [3.05, 3.63) is 71.3 Å². The lowest BCUT2D eigenvalue weighted by molar-refractivity contribution is -0.123. The fourth-order valence-electron chi connectivity index (χ4n) is 3.09. The van der Waals surface area contributed by atoms with E-state index in [0.717, 1.165) is 25.7 Å². The van der Waals surface area contributed by atoms with Gasteiger partial charge in [-0.1, -0.05) is 54.6 Å². The standard InChI is InChI=1S/C19H20O/c20-19(13-10-15-6-2-1-3-7-15)18-12-11-16-8-4-5-9-17(16)14-18/h1-9,18H,10-14H2. The minimum atomic E-state index is 0.230. The Morgan fingerprint density at radius 3 is 2.45 bits per heavy atom. The molecule has 1 aliphatic rings. The Hall–Kier alpha value is -1.89. The van der Waals surface area contributed by atoms with Gasteiger partial charge in [0.25, 0.3) is 0 Å².